The number of benzene rings is 1. The number of halogens is 1. The Kier molecular flexibility index (Phi) is 4.07. The lowest BCUT2D eigenvalue weighted by Gasteiger charge is -2.23. The van der Waals surface area contributed by atoms with Gasteiger partial charge in [0.1, 0.15) is 18.4 Å². The fourth-order valence-corrected chi connectivity index (χ4v) is 3.67. The van der Waals surface area contributed by atoms with Crippen LogP contribution in [0.2, 0.25) is 5.02 Å². The van der Waals surface area contributed by atoms with Crippen LogP contribution < -0.4 is 0 Å². The van der Waals surface area contributed by atoms with E-state index in [1.165, 1.54) is 6.33 Å². The van der Waals surface area contributed by atoms with Crippen LogP contribution in [0, 0.1) is 0 Å². The van der Waals surface area contributed by atoms with E-state index in [9.17, 15) is 0 Å². The second kappa shape index (κ2) is 6.37. The van der Waals surface area contributed by atoms with E-state index >= 15 is 0 Å². The summed E-state index contributed by atoms with van der Waals surface area (Å²) in [6.07, 6.45) is 5.02. The Bertz CT molecular complexity index is 870. The zero-order valence-electron chi connectivity index (χ0n) is 12.9. The molecule has 3 heterocycles. The van der Waals surface area contributed by atoms with Crippen molar-refractivity contribution in [3.63, 3.8) is 0 Å². The van der Waals surface area contributed by atoms with E-state index < -0.39 is 0 Å². The fourth-order valence-electron chi connectivity index (χ4n) is 2.50. The van der Waals surface area contributed by atoms with Gasteiger partial charge in [0, 0.05) is 17.0 Å². The van der Waals surface area contributed by atoms with Crippen LogP contribution in [0.4, 0.5) is 0 Å². The molecule has 0 saturated heterocycles. The van der Waals surface area contributed by atoms with Crippen molar-refractivity contribution >= 4 is 29.1 Å². The van der Waals surface area contributed by atoms with E-state index in [-0.39, 0.29) is 5.37 Å². The number of nitrogens with zero attached hydrogens (tertiary/aromatic N) is 7. The molecule has 7 nitrogen and oxygen atoms in total. The van der Waals surface area contributed by atoms with Gasteiger partial charge in [0.05, 0.1) is 0 Å². The van der Waals surface area contributed by atoms with Gasteiger partial charge >= 0.3 is 0 Å². The minimum absolute atomic E-state index is 0.153. The van der Waals surface area contributed by atoms with Crippen LogP contribution in [-0.4, -0.2) is 35.3 Å². The smallest absolute Gasteiger partial charge is 0.214 e. The molecule has 1 aliphatic rings. The topological polar surface area (TPSA) is 73.8 Å². The first kappa shape index (κ1) is 15.3. The molecule has 0 spiro atoms. The normalized spacial score (nSPS) is 16.8. The molecule has 0 bridgehead atoms. The molecule has 122 valence electrons. The first-order valence-electron chi connectivity index (χ1n) is 7.56. The summed E-state index contributed by atoms with van der Waals surface area (Å²) in [5.74, 6) is 0.864. The highest BCUT2D eigenvalue weighted by molar-refractivity contribution is 8.00. The average Bonchev–Trinajstić information content (AvgIpc) is 3.25. The summed E-state index contributed by atoms with van der Waals surface area (Å²) in [4.78, 5) is 4.05. The first-order chi connectivity index (χ1) is 11.8. The zero-order valence-corrected chi connectivity index (χ0v) is 14.4. The molecule has 24 heavy (non-hydrogen) atoms. The molecule has 4 rings (SSSR count). The maximum absolute atomic E-state index is 6.02. The number of hydrogen-bond acceptors (Lipinski definition) is 6. The Morgan fingerprint density at radius 3 is 2.75 bits per heavy atom. The molecule has 2 aromatic heterocycles. The van der Waals surface area contributed by atoms with Gasteiger partial charge in [0.15, 0.2) is 11.2 Å². The third-order valence-corrected chi connectivity index (χ3v) is 5.01. The summed E-state index contributed by atoms with van der Waals surface area (Å²) in [5, 5.41) is 18.9. The molecule has 0 radical (unpaired) electrons. The number of hydrogen-bond donors (Lipinski definition) is 0. The fraction of sp³-hybridized carbons (Fsp3) is 0.267. The molecule has 1 unspecified atom stereocenters. The number of aryl methyl sites for hydroxylation is 1. The molecule has 1 aliphatic heterocycles. The first-order valence-corrected chi connectivity index (χ1v) is 8.82. The van der Waals surface area contributed by atoms with Gasteiger partial charge in [-0.1, -0.05) is 42.4 Å². The molecule has 0 saturated carbocycles. The molecule has 0 aliphatic carbocycles. The summed E-state index contributed by atoms with van der Waals surface area (Å²) < 4.78 is 3.60. The highest BCUT2D eigenvalue weighted by Crippen LogP contribution is 2.37. The van der Waals surface area contributed by atoms with Crippen LogP contribution in [-0.2, 0) is 6.42 Å². The minimum atomic E-state index is -0.153. The summed E-state index contributed by atoms with van der Waals surface area (Å²) in [7, 11) is 0. The standard InChI is InChI=1S/C15H14ClN7S/c1-2-3-12-19-20-15-23(12)21-13(10-4-6-11(16)7-5-10)14(24-15)22-9-17-8-18-22/h4-9,14H,2-3H2,1H3. The van der Waals surface area contributed by atoms with E-state index in [1.54, 1.807) is 22.8 Å². The van der Waals surface area contributed by atoms with E-state index in [0.29, 0.717) is 5.02 Å². The Balaban J connectivity index is 1.83. The van der Waals surface area contributed by atoms with Crippen LogP contribution in [0.25, 0.3) is 0 Å². The van der Waals surface area contributed by atoms with E-state index in [0.717, 1.165) is 35.1 Å². The molecular weight excluding hydrogens is 346 g/mol. The number of aromatic nitrogens is 6. The maximum Gasteiger partial charge on any atom is 0.214 e. The van der Waals surface area contributed by atoms with Crippen molar-refractivity contribution < 1.29 is 0 Å². The highest BCUT2D eigenvalue weighted by Gasteiger charge is 2.30. The predicted molar refractivity (Wildman–Crippen MR) is 92.3 cm³/mol. The molecule has 3 aromatic rings. The van der Waals surface area contributed by atoms with Gasteiger partial charge in [-0.3, -0.25) is 0 Å². The summed E-state index contributed by atoms with van der Waals surface area (Å²) in [6.45, 7) is 2.11. The Morgan fingerprint density at radius 1 is 1.21 bits per heavy atom. The Labute approximate surface area is 147 Å². The lowest BCUT2D eigenvalue weighted by molar-refractivity contribution is 0.646. The SMILES string of the molecule is CCCc1nnc2n1N=C(c1ccc(Cl)cc1)C(n1cncn1)S2. The molecule has 1 aromatic carbocycles. The third-order valence-electron chi connectivity index (χ3n) is 3.63. The van der Waals surface area contributed by atoms with Crippen molar-refractivity contribution in [3.05, 3.63) is 53.3 Å². The highest BCUT2D eigenvalue weighted by atomic mass is 35.5. The van der Waals surface area contributed by atoms with E-state index in [4.69, 9.17) is 16.7 Å². The average molecular weight is 360 g/mol. The van der Waals surface area contributed by atoms with Gasteiger partial charge in [-0.05, 0) is 18.6 Å². The number of fused-ring (bicyclic) bond motifs is 1. The lowest BCUT2D eigenvalue weighted by Crippen LogP contribution is -2.24. The van der Waals surface area contributed by atoms with Crippen molar-refractivity contribution in [1.82, 2.24) is 29.6 Å². The van der Waals surface area contributed by atoms with Crippen molar-refractivity contribution in [2.24, 2.45) is 5.10 Å². The molecule has 9 heteroatoms. The number of thioether (sulfide) groups is 1. The molecule has 0 amide bonds. The van der Waals surface area contributed by atoms with Gasteiger partial charge in [-0.2, -0.15) is 14.9 Å². The predicted octanol–water partition coefficient (Wildman–Crippen LogP) is 3.03. The maximum atomic E-state index is 6.02. The van der Waals surface area contributed by atoms with Crippen molar-refractivity contribution in [2.45, 2.75) is 30.3 Å². The van der Waals surface area contributed by atoms with Crippen LogP contribution in [0.3, 0.4) is 0 Å². The largest absolute Gasteiger partial charge is 0.233 e. The number of rotatable bonds is 4. The molecule has 1 atom stereocenters. The van der Waals surface area contributed by atoms with Gasteiger partial charge < -0.3 is 0 Å². The van der Waals surface area contributed by atoms with Gasteiger partial charge in [0.2, 0.25) is 5.16 Å². The van der Waals surface area contributed by atoms with Gasteiger partial charge in [-0.15, -0.1) is 10.2 Å². The molecular formula is C15H14ClN7S. The van der Waals surface area contributed by atoms with E-state index in [1.807, 2.05) is 28.9 Å². The summed E-state index contributed by atoms with van der Waals surface area (Å²) in [5.41, 5.74) is 1.85. The van der Waals surface area contributed by atoms with Crippen LogP contribution in [0.1, 0.15) is 30.1 Å². The second-order valence-electron chi connectivity index (χ2n) is 5.30. The lowest BCUT2D eigenvalue weighted by atomic mass is 10.1. The molecule has 0 fully saturated rings. The van der Waals surface area contributed by atoms with Crippen LogP contribution in [0.5, 0.6) is 0 Å². The molecule has 0 N–H and O–H groups in total. The summed E-state index contributed by atoms with van der Waals surface area (Å²) in [6, 6.07) is 7.63. The Hall–Kier alpha value is -2.19. The monoisotopic (exact) mass is 359 g/mol. The van der Waals surface area contributed by atoms with Crippen molar-refractivity contribution in [1.29, 1.82) is 0 Å². The van der Waals surface area contributed by atoms with Gasteiger partial charge in [0.25, 0.3) is 0 Å². The third kappa shape index (κ3) is 2.71. The summed E-state index contributed by atoms with van der Waals surface area (Å²) >= 11 is 7.57. The quantitative estimate of drug-likeness (QED) is 0.715. The minimum Gasteiger partial charge on any atom is -0.233 e. The van der Waals surface area contributed by atoms with E-state index in [2.05, 4.69) is 27.2 Å². The van der Waals surface area contributed by atoms with Crippen molar-refractivity contribution in [2.75, 3.05) is 0 Å². The van der Waals surface area contributed by atoms with Gasteiger partial charge in [-0.25, -0.2) is 9.67 Å². The second-order valence-corrected chi connectivity index (χ2v) is 6.78. The van der Waals surface area contributed by atoms with Crippen LogP contribution in [0.15, 0.2) is 47.2 Å². The zero-order chi connectivity index (χ0) is 16.5. The van der Waals surface area contributed by atoms with Crippen molar-refractivity contribution in [3.8, 4) is 0 Å². The Morgan fingerprint density at radius 2 is 2.04 bits per heavy atom. The van der Waals surface area contributed by atoms with Crippen LogP contribution >= 0.6 is 23.4 Å².